The average Bonchev–Trinajstić information content (AvgIpc) is 3.45. The van der Waals surface area contributed by atoms with Crippen molar-refractivity contribution in [3.63, 3.8) is 0 Å². The van der Waals surface area contributed by atoms with Crippen LogP contribution in [0.5, 0.6) is 0 Å². The van der Waals surface area contributed by atoms with E-state index in [2.05, 4.69) is 10.1 Å². The molecule has 1 aromatic rings. The number of hydrogen-bond acceptors (Lipinski definition) is 5. The molecule has 1 saturated carbocycles. The third-order valence-electron chi connectivity index (χ3n) is 5.76. The number of carbonyl (C=O) groups excluding carboxylic acids is 3. The van der Waals surface area contributed by atoms with Gasteiger partial charge in [0, 0.05) is 31.1 Å². The Bertz CT molecular complexity index is 982. The number of carbonyl (C=O) groups is 3. The van der Waals surface area contributed by atoms with Gasteiger partial charge >= 0.3 is 6.03 Å². The molecule has 0 N–H and O–H groups in total. The molecule has 29 heavy (non-hydrogen) atoms. The number of fused-ring (bicyclic) bond motifs is 1. The minimum atomic E-state index is -1.37. The second kappa shape index (κ2) is 6.75. The van der Waals surface area contributed by atoms with Gasteiger partial charge in [-0.15, -0.1) is 0 Å². The zero-order valence-corrected chi connectivity index (χ0v) is 15.6. The molecule has 0 aromatic carbocycles. The summed E-state index contributed by atoms with van der Waals surface area (Å²) in [4.78, 5) is 44.5. The molecule has 1 unspecified atom stereocenters. The van der Waals surface area contributed by atoms with Gasteiger partial charge in [0.15, 0.2) is 5.69 Å². The zero-order valence-electron chi connectivity index (χ0n) is 15.6. The second-order valence-electron chi connectivity index (χ2n) is 7.75. The maximum Gasteiger partial charge on any atom is 0.351 e. The number of imide groups is 1. The summed E-state index contributed by atoms with van der Waals surface area (Å²) in [6.07, 6.45) is 5.42. The molecule has 0 spiro atoms. The highest BCUT2D eigenvalue weighted by Crippen LogP contribution is 2.40. The Morgan fingerprint density at radius 3 is 2.66 bits per heavy atom. The second-order valence-corrected chi connectivity index (χ2v) is 7.75. The molecule has 1 aromatic heterocycles. The Morgan fingerprint density at radius 1 is 1.17 bits per heavy atom. The predicted molar refractivity (Wildman–Crippen MR) is 99.2 cm³/mol. The van der Waals surface area contributed by atoms with Gasteiger partial charge in [0.1, 0.15) is 11.9 Å². The zero-order chi connectivity index (χ0) is 20.1. The highest BCUT2D eigenvalue weighted by atomic mass is 19.1. The Kier molecular flexibility index (Phi) is 4.18. The van der Waals surface area contributed by atoms with Crippen LogP contribution in [-0.4, -0.2) is 63.8 Å². The van der Waals surface area contributed by atoms with Gasteiger partial charge in [-0.1, -0.05) is 5.16 Å². The fourth-order valence-corrected chi connectivity index (χ4v) is 3.99. The molecule has 4 aliphatic rings. The Morgan fingerprint density at radius 2 is 1.93 bits per heavy atom. The van der Waals surface area contributed by atoms with Crippen LogP contribution in [0.15, 0.2) is 39.4 Å². The van der Waals surface area contributed by atoms with E-state index in [-0.39, 0.29) is 28.9 Å². The van der Waals surface area contributed by atoms with E-state index in [1.165, 1.54) is 18.2 Å². The van der Waals surface area contributed by atoms with E-state index in [0.717, 1.165) is 23.5 Å². The summed E-state index contributed by atoms with van der Waals surface area (Å²) in [5, 5.41) is 3.89. The van der Waals surface area contributed by atoms with Crippen molar-refractivity contribution in [3.05, 3.63) is 41.3 Å². The smallest absolute Gasteiger partial charge is 0.351 e. The number of piperidine rings is 1. The van der Waals surface area contributed by atoms with Crippen molar-refractivity contribution in [1.82, 2.24) is 15.0 Å². The molecule has 8 nitrogen and oxygen atoms in total. The van der Waals surface area contributed by atoms with Crippen LogP contribution >= 0.6 is 0 Å². The topological polar surface area (TPSA) is 96.1 Å². The van der Waals surface area contributed by atoms with E-state index in [4.69, 9.17) is 4.52 Å². The number of alkyl halides is 1. The molecule has 2 aliphatic heterocycles. The lowest BCUT2D eigenvalue weighted by atomic mass is 9.96. The number of aliphatic imine (C=N–C) groups is 1. The summed E-state index contributed by atoms with van der Waals surface area (Å²) in [5.41, 5.74) is 0.612. The lowest BCUT2D eigenvalue weighted by Crippen LogP contribution is -2.53. The van der Waals surface area contributed by atoms with Gasteiger partial charge in [0.2, 0.25) is 0 Å². The summed E-state index contributed by atoms with van der Waals surface area (Å²) in [6, 6.07) is 0.684. The van der Waals surface area contributed by atoms with Crippen LogP contribution in [0.25, 0.3) is 0 Å². The van der Waals surface area contributed by atoms with Crippen molar-refractivity contribution < 1.29 is 23.3 Å². The first kappa shape index (κ1) is 18.0. The summed E-state index contributed by atoms with van der Waals surface area (Å²) >= 11 is 0. The lowest BCUT2D eigenvalue weighted by molar-refractivity contribution is -0.126. The van der Waals surface area contributed by atoms with Gasteiger partial charge in [0.05, 0.1) is 11.3 Å². The fraction of sp³-hybridized carbons (Fsp3) is 0.450. The van der Waals surface area contributed by atoms with Crippen molar-refractivity contribution in [3.8, 4) is 0 Å². The summed E-state index contributed by atoms with van der Waals surface area (Å²) in [6.45, 7) is 0.765. The molecule has 2 aliphatic carbocycles. The highest BCUT2D eigenvalue weighted by Gasteiger charge is 2.40. The molecule has 4 amide bonds. The first-order chi connectivity index (χ1) is 14.0. The van der Waals surface area contributed by atoms with Gasteiger partial charge in [-0.25, -0.2) is 9.18 Å². The molecule has 150 valence electrons. The van der Waals surface area contributed by atoms with E-state index in [9.17, 15) is 18.8 Å². The van der Waals surface area contributed by atoms with Gasteiger partial charge < -0.3 is 9.42 Å². The molecular formula is C20H19FN4O4. The first-order valence-electron chi connectivity index (χ1n) is 9.78. The predicted octanol–water partition coefficient (Wildman–Crippen LogP) is 2.39. The number of amides is 4. The van der Waals surface area contributed by atoms with E-state index in [1.807, 2.05) is 0 Å². The van der Waals surface area contributed by atoms with Crippen LogP contribution in [-0.2, 0) is 4.79 Å². The van der Waals surface area contributed by atoms with Crippen molar-refractivity contribution in [2.75, 3.05) is 13.1 Å². The van der Waals surface area contributed by atoms with Crippen molar-refractivity contribution in [2.45, 2.75) is 43.8 Å². The summed E-state index contributed by atoms with van der Waals surface area (Å²) in [7, 11) is 0. The molecule has 5 rings (SSSR count). The van der Waals surface area contributed by atoms with Gasteiger partial charge in [-0.2, -0.15) is 4.99 Å². The number of allylic oxidation sites excluding steroid dienone is 3. The van der Waals surface area contributed by atoms with Gasteiger partial charge in [0.25, 0.3) is 11.8 Å². The largest absolute Gasteiger partial charge is 0.360 e. The van der Waals surface area contributed by atoms with Gasteiger partial charge in [-0.05, 0) is 43.9 Å². The fourth-order valence-electron chi connectivity index (χ4n) is 3.99. The Balaban J connectivity index is 1.26. The summed E-state index contributed by atoms with van der Waals surface area (Å²) < 4.78 is 18.9. The van der Waals surface area contributed by atoms with Crippen LogP contribution in [0.3, 0.4) is 0 Å². The maximum atomic E-state index is 13.6. The third-order valence-corrected chi connectivity index (χ3v) is 5.76. The quantitative estimate of drug-likeness (QED) is 0.779. The molecule has 0 radical (unpaired) electrons. The monoisotopic (exact) mass is 398 g/mol. The van der Waals surface area contributed by atoms with E-state index >= 15 is 0 Å². The number of urea groups is 1. The van der Waals surface area contributed by atoms with Crippen LogP contribution in [0.4, 0.5) is 9.18 Å². The van der Waals surface area contributed by atoms with Crippen molar-refractivity contribution >= 4 is 23.6 Å². The molecule has 3 heterocycles. The average molecular weight is 398 g/mol. The number of halogens is 1. The lowest BCUT2D eigenvalue weighted by Gasteiger charge is -2.38. The molecule has 2 fully saturated rings. The first-order valence-corrected chi connectivity index (χ1v) is 9.78. The highest BCUT2D eigenvalue weighted by molar-refractivity contribution is 6.33. The molecule has 9 heteroatoms. The van der Waals surface area contributed by atoms with Crippen molar-refractivity contribution in [2.24, 2.45) is 4.99 Å². The van der Waals surface area contributed by atoms with Crippen LogP contribution in [0.1, 0.15) is 47.8 Å². The van der Waals surface area contributed by atoms with Crippen LogP contribution in [0, 0.1) is 0 Å². The molecule has 1 saturated heterocycles. The number of aromatic nitrogens is 1. The minimum absolute atomic E-state index is 0.119. The molecular weight excluding hydrogens is 379 g/mol. The number of nitrogens with zero attached hydrogens (tertiary/aromatic N) is 4. The normalized spacial score (nSPS) is 25.1. The molecule has 1 atom stereocenters. The Labute approximate surface area is 165 Å². The number of hydrogen-bond donors (Lipinski definition) is 0. The minimum Gasteiger partial charge on any atom is -0.360 e. The number of likely N-dealkylation sites (tertiary alicyclic amines) is 1. The van der Waals surface area contributed by atoms with Gasteiger partial charge in [-0.3, -0.25) is 14.5 Å². The molecule has 0 bridgehead atoms. The van der Waals surface area contributed by atoms with Crippen molar-refractivity contribution in [1.29, 1.82) is 0 Å². The van der Waals surface area contributed by atoms with Crippen LogP contribution < -0.4 is 0 Å². The van der Waals surface area contributed by atoms with E-state index in [0.29, 0.717) is 31.8 Å². The Hall–Kier alpha value is -3.10. The van der Waals surface area contributed by atoms with E-state index < -0.39 is 18.1 Å². The summed E-state index contributed by atoms with van der Waals surface area (Å²) in [5.74, 6) is 0.394. The SMILES string of the molecule is O=C(c1cc(C2CC2)on1)N1CCC(N2C(=O)N=C3C=CC(F)C=C3C2=O)CC1. The standard InChI is InChI=1S/C20H19FN4O4/c21-12-3-4-15-14(9-12)18(26)25(20(28)22-15)13-5-7-24(8-6-13)19(27)16-10-17(29-23-16)11-1-2-11/h3-4,9-13H,1-2,5-8H2. The van der Waals surface area contributed by atoms with E-state index in [1.54, 1.807) is 11.0 Å². The maximum absolute atomic E-state index is 13.6. The van der Waals surface area contributed by atoms with Crippen LogP contribution in [0.2, 0.25) is 0 Å². The third kappa shape index (κ3) is 3.20. The number of rotatable bonds is 3.